The average molecular weight is 427 g/mol. The second-order valence-corrected chi connectivity index (χ2v) is 7.73. The molecular formula is C20H19BrN4O2. The fourth-order valence-corrected chi connectivity index (χ4v) is 3.39. The Bertz CT molecular complexity index is 933. The van der Waals surface area contributed by atoms with Gasteiger partial charge in [0.05, 0.1) is 23.8 Å². The summed E-state index contributed by atoms with van der Waals surface area (Å²) in [6.07, 6.45) is 8.29. The molecule has 138 valence electrons. The monoisotopic (exact) mass is 426 g/mol. The van der Waals surface area contributed by atoms with E-state index >= 15 is 0 Å². The molecular weight excluding hydrogens is 408 g/mol. The minimum absolute atomic E-state index is 0.166. The summed E-state index contributed by atoms with van der Waals surface area (Å²) in [5, 5.41) is 11.1. The lowest BCUT2D eigenvalue weighted by Gasteiger charge is -2.17. The smallest absolute Gasteiger partial charge is 0.409 e. The molecule has 1 atom stereocenters. The summed E-state index contributed by atoms with van der Waals surface area (Å²) in [7, 11) is 0. The summed E-state index contributed by atoms with van der Waals surface area (Å²) < 4.78 is 3.10. The molecule has 0 spiro atoms. The molecule has 4 rings (SSSR count). The zero-order valence-electron chi connectivity index (χ0n) is 14.5. The third-order valence-electron chi connectivity index (χ3n) is 4.74. The van der Waals surface area contributed by atoms with Crippen LogP contribution in [0.4, 0.5) is 10.5 Å². The Balaban J connectivity index is 1.58. The van der Waals surface area contributed by atoms with E-state index in [1.165, 1.54) is 12.8 Å². The maximum absolute atomic E-state index is 10.7. The molecule has 3 aromatic rings. The van der Waals surface area contributed by atoms with Gasteiger partial charge in [-0.05, 0) is 52.5 Å². The standard InChI is InChI=1S/C20H19BrN4O2/c21-15-5-8-17(22-10-15)19(9-13-1-2-13)25-11-18(23-12-25)14-3-6-16(7-4-14)24-20(26)27/h3-8,10-13,19,24H,1-2,9H2,(H,26,27). The van der Waals surface area contributed by atoms with Gasteiger partial charge >= 0.3 is 6.09 Å². The summed E-state index contributed by atoms with van der Waals surface area (Å²) in [5.74, 6) is 0.757. The number of amides is 1. The lowest BCUT2D eigenvalue weighted by molar-refractivity contribution is 0.210. The number of aromatic nitrogens is 3. The second kappa shape index (κ2) is 7.52. The zero-order chi connectivity index (χ0) is 18.8. The molecule has 0 saturated heterocycles. The van der Waals surface area contributed by atoms with Gasteiger partial charge in [0.2, 0.25) is 0 Å². The van der Waals surface area contributed by atoms with Crippen molar-refractivity contribution < 1.29 is 9.90 Å². The highest BCUT2D eigenvalue weighted by molar-refractivity contribution is 9.10. The van der Waals surface area contributed by atoms with E-state index in [9.17, 15) is 4.79 Å². The Morgan fingerprint density at radius 3 is 2.63 bits per heavy atom. The normalized spacial score (nSPS) is 14.7. The maximum atomic E-state index is 10.7. The first-order valence-electron chi connectivity index (χ1n) is 8.84. The number of pyridine rings is 1. The van der Waals surface area contributed by atoms with Crippen molar-refractivity contribution in [2.75, 3.05) is 5.32 Å². The number of rotatable bonds is 6. The van der Waals surface area contributed by atoms with Crippen LogP contribution in [0.25, 0.3) is 11.3 Å². The summed E-state index contributed by atoms with van der Waals surface area (Å²) in [5.41, 5.74) is 3.37. The molecule has 1 aliphatic rings. The average Bonchev–Trinajstić information content (AvgIpc) is 3.35. The Morgan fingerprint density at radius 2 is 2.00 bits per heavy atom. The first kappa shape index (κ1) is 17.7. The summed E-state index contributed by atoms with van der Waals surface area (Å²) in [6, 6.07) is 11.5. The lowest BCUT2D eigenvalue weighted by Crippen LogP contribution is -2.11. The van der Waals surface area contributed by atoms with E-state index in [0.717, 1.165) is 33.8 Å². The predicted octanol–water partition coefficient (Wildman–Crippen LogP) is 5.19. The molecule has 2 N–H and O–H groups in total. The van der Waals surface area contributed by atoms with Crippen molar-refractivity contribution >= 4 is 27.7 Å². The molecule has 2 heterocycles. The summed E-state index contributed by atoms with van der Waals surface area (Å²) >= 11 is 3.45. The third kappa shape index (κ3) is 4.36. The van der Waals surface area contributed by atoms with Crippen molar-refractivity contribution in [1.29, 1.82) is 0 Å². The Kier molecular flexibility index (Phi) is 4.94. The summed E-state index contributed by atoms with van der Waals surface area (Å²) in [4.78, 5) is 19.9. The third-order valence-corrected chi connectivity index (χ3v) is 5.21. The molecule has 6 nitrogen and oxygen atoms in total. The quantitative estimate of drug-likeness (QED) is 0.568. The van der Waals surface area contributed by atoms with Gasteiger partial charge in [0, 0.05) is 28.1 Å². The molecule has 0 bridgehead atoms. The molecule has 27 heavy (non-hydrogen) atoms. The molecule has 7 heteroatoms. The maximum Gasteiger partial charge on any atom is 0.409 e. The topological polar surface area (TPSA) is 80.0 Å². The van der Waals surface area contributed by atoms with Gasteiger partial charge < -0.3 is 9.67 Å². The molecule has 0 radical (unpaired) electrons. The van der Waals surface area contributed by atoms with E-state index in [2.05, 4.69) is 41.8 Å². The van der Waals surface area contributed by atoms with Crippen LogP contribution in [0.3, 0.4) is 0 Å². The van der Waals surface area contributed by atoms with Gasteiger partial charge in [0.25, 0.3) is 0 Å². The molecule has 1 aliphatic carbocycles. The van der Waals surface area contributed by atoms with Crippen molar-refractivity contribution in [1.82, 2.24) is 14.5 Å². The number of hydrogen-bond acceptors (Lipinski definition) is 3. The van der Waals surface area contributed by atoms with Gasteiger partial charge in [-0.25, -0.2) is 9.78 Å². The van der Waals surface area contributed by atoms with Gasteiger partial charge in [-0.15, -0.1) is 0 Å². The molecule has 1 fully saturated rings. The van der Waals surface area contributed by atoms with E-state index in [4.69, 9.17) is 5.11 Å². The van der Waals surface area contributed by atoms with Crippen LogP contribution in [-0.4, -0.2) is 25.7 Å². The van der Waals surface area contributed by atoms with Gasteiger partial charge in [-0.2, -0.15) is 0 Å². The number of anilines is 1. The molecule has 0 aliphatic heterocycles. The van der Waals surface area contributed by atoms with Crippen LogP contribution in [0, 0.1) is 5.92 Å². The van der Waals surface area contributed by atoms with E-state index in [1.54, 1.807) is 12.1 Å². The van der Waals surface area contributed by atoms with Crippen LogP contribution in [0.2, 0.25) is 0 Å². The fourth-order valence-electron chi connectivity index (χ4n) is 3.15. The highest BCUT2D eigenvalue weighted by Gasteiger charge is 2.28. The summed E-state index contributed by atoms with van der Waals surface area (Å²) in [6.45, 7) is 0. The number of nitrogens with zero attached hydrogens (tertiary/aromatic N) is 3. The first-order chi connectivity index (χ1) is 13.1. The van der Waals surface area contributed by atoms with Crippen LogP contribution < -0.4 is 5.32 Å². The number of benzene rings is 1. The van der Waals surface area contributed by atoms with Gasteiger partial charge in [0.1, 0.15) is 0 Å². The molecule has 2 aromatic heterocycles. The van der Waals surface area contributed by atoms with Crippen molar-refractivity contribution in [3.63, 3.8) is 0 Å². The minimum Gasteiger partial charge on any atom is -0.465 e. The van der Waals surface area contributed by atoms with Crippen molar-refractivity contribution in [2.24, 2.45) is 5.92 Å². The van der Waals surface area contributed by atoms with Crippen LogP contribution in [0.1, 0.15) is 31.0 Å². The number of carbonyl (C=O) groups is 1. The minimum atomic E-state index is -1.07. The van der Waals surface area contributed by atoms with Crippen LogP contribution >= 0.6 is 15.9 Å². The van der Waals surface area contributed by atoms with Crippen LogP contribution in [-0.2, 0) is 0 Å². The highest BCUT2D eigenvalue weighted by atomic mass is 79.9. The molecule has 1 aromatic carbocycles. The SMILES string of the molecule is O=C(O)Nc1ccc(-c2cn(C(CC3CC3)c3ccc(Br)cn3)cn2)cc1. The van der Waals surface area contributed by atoms with Crippen LogP contribution in [0.15, 0.2) is 59.6 Å². The molecule has 1 amide bonds. The first-order valence-corrected chi connectivity index (χ1v) is 9.63. The number of hydrogen-bond donors (Lipinski definition) is 2. The number of imidazole rings is 1. The van der Waals surface area contributed by atoms with E-state index < -0.39 is 6.09 Å². The number of nitrogens with one attached hydrogen (secondary N) is 1. The van der Waals surface area contributed by atoms with E-state index in [1.807, 2.05) is 36.9 Å². The second-order valence-electron chi connectivity index (χ2n) is 6.81. The van der Waals surface area contributed by atoms with Gasteiger partial charge in [-0.1, -0.05) is 25.0 Å². The Hall–Kier alpha value is -2.67. The van der Waals surface area contributed by atoms with Crippen molar-refractivity contribution in [3.8, 4) is 11.3 Å². The van der Waals surface area contributed by atoms with E-state index in [0.29, 0.717) is 5.69 Å². The largest absolute Gasteiger partial charge is 0.465 e. The molecule has 1 unspecified atom stereocenters. The molecule has 1 saturated carbocycles. The van der Waals surface area contributed by atoms with E-state index in [-0.39, 0.29) is 6.04 Å². The zero-order valence-corrected chi connectivity index (χ0v) is 16.1. The Morgan fingerprint density at radius 1 is 1.22 bits per heavy atom. The lowest BCUT2D eigenvalue weighted by atomic mass is 10.1. The highest BCUT2D eigenvalue weighted by Crippen LogP contribution is 2.39. The van der Waals surface area contributed by atoms with Crippen molar-refractivity contribution in [3.05, 3.63) is 65.3 Å². The fraction of sp³-hybridized carbons (Fsp3) is 0.250. The number of halogens is 1. The van der Waals surface area contributed by atoms with Crippen molar-refractivity contribution in [2.45, 2.75) is 25.3 Å². The Labute approximate surface area is 165 Å². The predicted molar refractivity (Wildman–Crippen MR) is 107 cm³/mol. The van der Waals surface area contributed by atoms with Gasteiger partial charge in [-0.3, -0.25) is 10.3 Å². The van der Waals surface area contributed by atoms with Gasteiger partial charge in [0.15, 0.2) is 0 Å². The number of carboxylic acid groups (broad SMARTS) is 1. The van der Waals surface area contributed by atoms with Crippen LogP contribution in [0.5, 0.6) is 0 Å².